The lowest BCUT2D eigenvalue weighted by Crippen LogP contribution is -2.40. The predicted molar refractivity (Wildman–Crippen MR) is 127 cm³/mol. The molecule has 0 saturated carbocycles. The van der Waals surface area contributed by atoms with Gasteiger partial charge in [0.1, 0.15) is 23.0 Å². The van der Waals surface area contributed by atoms with Crippen molar-refractivity contribution in [1.82, 2.24) is 5.32 Å². The van der Waals surface area contributed by atoms with Gasteiger partial charge in [-0.1, -0.05) is 6.07 Å². The first-order valence-corrected chi connectivity index (χ1v) is 11.2. The zero-order chi connectivity index (χ0) is 24.6. The number of carbonyl (C=O) groups excluding carboxylic acids is 3. The molecule has 0 fully saturated rings. The standard InChI is InChI=1S/C26H26N2O7/c1-32-19-5-2-6-20(14-19)34-16-23(29)18-9-10-24-22(13-18)28(26(31)17-35-24)11-3-8-25(30)27-15-21-7-4-12-33-21/h2,4-7,9-10,12-14H,3,8,11,15-17H2,1H3,(H,27,30). The third-order valence-corrected chi connectivity index (χ3v) is 5.46. The minimum absolute atomic E-state index is 0.0933. The van der Waals surface area contributed by atoms with Gasteiger partial charge in [0, 0.05) is 24.6 Å². The average Bonchev–Trinajstić information content (AvgIpc) is 3.41. The Labute approximate surface area is 202 Å². The predicted octanol–water partition coefficient (Wildman–Crippen LogP) is 3.37. The number of ether oxygens (including phenoxy) is 3. The van der Waals surface area contributed by atoms with E-state index in [0.717, 1.165) is 0 Å². The van der Waals surface area contributed by atoms with Crippen LogP contribution in [0.3, 0.4) is 0 Å². The van der Waals surface area contributed by atoms with Gasteiger partial charge in [-0.15, -0.1) is 0 Å². The van der Waals surface area contributed by atoms with E-state index in [2.05, 4.69) is 5.32 Å². The van der Waals surface area contributed by atoms with Crippen LogP contribution in [0, 0.1) is 0 Å². The highest BCUT2D eigenvalue weighted by Crippen LogP contribution is 2.33. The Morgan fingerprint density at radius 3 is 2.74 bits per heavy atom. The number of methoxy groups -OCH3 is 1. The molecule has 4 rings (SSSR count). The summed E-state index contributed by atoms with van der Waals surface area (Å²) in [7, 11) is 1.56. The molecule has 3 aromatic rings. The monoisotopic (exact) mass is 478 g/mol. The third kappa shape index (κ3) is 6.20. The van der Waals surface area contributed by atoms with E-state index in [0.29, 0.717) is 53.8 Å². The number of hydrogen-bond acceptors (Lipinski definition) is 7. The van der Waals surface area contributed by atoms with Gasteiger partial charge in [0.15, 0.2) is 19.0 Å². The number of Topliss-reactive ketones (excluding diaryl/α,β-unsaturated/α-hetero) is 1. The summed E-state index contributed by atoms with van der Waals surface area (Å²) in [5.74, 6) is 1.71. The van der Waals surface area contributed by atoms with Crippen molar-refractivity contribution in [3.8, 4) is 17.2 Å². The van der Waals surface area contributed by atoms with Gasteiger partial charge in [-0.25, -0.2) is 0 Å². The molecule has 0 aliphatic carbocycles. The summed E-state index contributed by atoms with van der Waals surface area (Å²) in [6.45, 7) is 0.371. The number of furan rings is 1. The average molecular weight is 479 g/mol. The SMILES string of the molecule is COc1cccc(OCC(=O)c2ccc3c(c2)N(CCCC(=O)NCc2ccco2)C(=O)CO3)c1. The van der Waals surface area contributed by atoms with Crippen LogP contribution in [0.25, 0.3) is 0 Å². The molecule has 1 aliphatic heterocycles. The maximum atomic E-state index is 12.8. The molecule has 182 valence electrons. The van der Waals surface area contributed by atoms with E-state index < -0.39 is 0 Å². The molecule has 0 unspecified atom stereocenters. The number of fused-ring (bicyclic) bond motifs is 1. The molecular weight excluding hydrogens is 452 g/mol. The molecule has 35 heavy (non-hydrogen) atoms. The molecule has 2 aromatic carbocycles. The van der Waals surface area contributed by atoms with Crippen LogP contribution in [0.2, 0.25) is 0 Å². The van der Waals surface area contributed by atoms with E-state index in [4.69, 9.17) is 18.6 Å². The van der Waals surface area contributed by atoms with Gasteiger partial charge in [-0.05, 0) is 48.9 Å². The van der Waals surface area contributed by atoms with Crippen molar-refractivity contribution in [2.45, 2.75) is 19.4 Å². The molecule has 0 saturated heterocycles. The summed E-state index contributed by atoms with van der Waals surface area (Å²) in [4.78, 5) is 39.0. The number of amides is 2. The van der Waals surface area contributed by atoms with E-state index >= 15 is 0 Å². The summed E-state index contributed by atoms with van der Waals surface area (Å²) in [5.41, 5.74) is 0.899. The lowest BCUT2D eigenvalue weighted by atomic mass is 10.1. The van der Waals surface area contributed by atoms with Crippen LogP contribution < -0.4 is 24.4 Å². The van der Waals surface area contributed by atoms with Crippen LogP contribution >= 0.6 is 0 Å². The largest absolute Gasteiger partial charge is 0.497 e. The lowest BCUT2D eigenvalue weighted by molar-refractivity contribution is -0.123. The highest BCUT2D eigenvalue weighted by atomic mass is 16.5. The van der Waals surface area contributed by atoms with Crippen LogP contribution in [0.4, 0.5) is 5.69 Å². The van der Waals surface area contributed by atoms with Gasteiger partial charge in [-0.2, -0.15) is 0 Å². The Morgan fingerprint density at radius 2 is 1.94 bits per heavy atom. The normalized spacial score (nSPS) is 12.5. The van der Waals surface area contributed by atoms with Crippen molar-refractivity contribution >= 4 is 23.3 Å². The number of hydrogen-bond donors (Lipinski definition) is 1. The fraction of sp³-hybridized carbons (Fsp3) is 0.269. The molecule has 0 radical (unpaired) electrons. The quantitative estimate of drug-likeness (QED) is 0.421. The number of carbonyl (C=O) groups is 3. The summed E-state index contributed by atoms with van der Waals surface area (Å²) < 4.78 is 21.5. The Balaban J connectivity index is 1.35. The molecule has 1 N–H and O–H groups in total. The smallest absolute Gasteiger partial charge is 0.265 e. The van der Waals surface area contributed by atoms with Gasteiger partial charge in [0.2, 0.25) is 5.91 Å². The van der Waals surface area contributed by atoms with Crippen molar-refractivity contribution in [2.75, 3.05) is 31.8 Å². The van der Waals surface area contributed by atoms with E-state index in [1.54, 1.807) is 72.9 Å². The molecule has 0 spiro atoms. The number of rotatable bonds is 11. The number of benzene rings is 2. The Bertz CT molecular complexity index is 1190. The van der Waals surface area contributed by atoms with Crippen LogP contribution in [-0.4, -0.2) is 44.5 Å². The van der Waals surface area contributed by atoms with Crippen LogP contribution in [0.1, 0.15) is 29.0 Å². The summed E-state index contributed by atoms with van der Waals surface area (Å²) in [5, 5.41) is 2.78. The van der Waals surface area contributed by atoms with Crippen LogP contribution in [0.15, 0.2) is 65.3 Å². The Morgan fingerprint density at radius 1 is 1.09 bits per heavy atom. The molecule has 0 atom stereocenters. The van der Waals surface area contributed by atoms with Crippen molar-refractivity contribution in [2.24, 2.45) is 0 Å². The summed E-state index contributed by atoms with van der Waals surface area (Å²) in [6, 6.07) is 15.5. The third-order valence-electron chi connectivity index (χ3n) is 5.46. The first-order valence-electron chi connectivity index (χ1n) is 11.2. The molecule has 9 heteroatoms. The van der Waals surface area contributed by atoms with Gasteiger partial charge in [-0.3, -0.25) is 14.4 Å². The maximum Gasteiger partial charge on any atom is 0.265 e. The zero-order valence-corrected chi connectivity index (χ0v) is 19.3. The minimum atomic E-state index is -0.245. The fourth-order valence-electron chi connectivity index (χ4n) is 3.63. The first kappa shape index (κ1) is 23.9. The van der Waals surface area contributed by atoms with E-state index in [-0.39, 0.29) is 37.2 Å². The van der Waals surface area contributed by atoms with Gasteiger partial charge in [0.25, 0.3) is 5.91 Å². The van der Waals surface area contributed by atoms with Crippen molar-refractivity contribution < 1.29 is 33.0 Å². The second-order valence-electron chi connectivity index (χ2n) is 7.87. The van der Waals surface area contributed by atoms with Crippen molar-refractivity contribution in [1.29, 1.82) is 0 Å². The molecule has 1 aromatic heterocycles. The maximum absolute atomic E-state index is 12.8. The Kier molecular flexibility index (Phi) is 7.67. The zero-order valence-electron chi connectivity index (χ0n) is 19.3. The number of anilines is 1. The molecule has 9 nitrogen and oxygen atoms in total. The minimum Gasteiger partial charge on any atom is -0.497 e. The topological polar surface area (TPSA) is 107 Å². The first-order chi connectivity index (χ1) is 17.0. The second kappa shape index (κ2) is 11.2. The van der Waals surface area contributed by atoms with E-state index in [1.807, 2.05) is 0 Å². The van der Waals surface area contributed by atoms with E-state index in [1.165, 1.54) is 0 Å². The molecule has 1 aliphatic rings. The van der Waals surface area contributed by atoms with Crippen LogP contribution in [0.5, 0.6) is 17.2 Å². The molecule has 2 heterocycles. The Hall–Kier alpha value is -4.27. The lowest BCUT2D eigenvalue weighted by Gasteiger charge is -2.29. The number of nitrogens with one attached hydrogen (secondary N) is 1. The molecule has 2 amide bonds. The van der Waals surface area contributed by atoms with E-state index in [9.17, 15) is 14.4 Å². The van der Waals surface area contributed by atoms with Gasteiger partial charge >= 0.3 is 0 Å². The summed E-state index contributed by atoms with van der Waals surface area (Å²) in [6.07, 6.45) is 2.24. The fourth-order valence-corrected chi connectivity index (χ4v) is 3.63. The number of nitrogens with zero attached hydrogens (tertiary/aromatic N) is 1. The molecule has 0 bridgehead atoms. The highest BCUT2D eigenvalue weighted by Gasteiger charge is 2.26. The molecular formula is C26H26N2O7. The van der Waals surface area contributed by atoms with Gasteiger partial charge in [0.05, 0.1) is 25.6 Å². The summed E-state index contributed by atoms with van der Waals surface area (Å²) >= 11 is 0. The highest BCUT2D eigenvalue weighted by molar-refractivity contribution is 6.02. The number of ketones is 1. The van der Waals surface area contributed by atoms with Crippen molar-refractivity contribution in [3.05, 3.63) is 72.2 Å². The second-order valence-corrected chi connectivity index (χ2v) is 7.87. The van der Waals surface area contributed by atoms with Crippen LogP contribution in [-0.2, 0) is 16.1 Å². The van der Waals surface area contributed by atoms with Crippen molar-refractivity contribution in [3.63, 3.8) is 0 Å². The van der Waals surface area contributed by atoms with Gasteiger partial charge < -0.3 is 28.8 Å².